The van der Waals surface area contributed by atoms with Crippen molar-refractivity contribution in [3.05, 3.63) is 24.0 Å². The Hall–Kier alpha value is -2.08. The fourth-order valence-corrected chi connectivity index (χ4v) is 1.84. The fraction of sp³-hybridized carbons (Fsp3) is 0.167. The van der Waals surface area contributed by atoms with Gasteiger partial charge in [-0.15, -0.1) is 0 Å². The van der Waals surface area contributed by atoms with Gasteiger partial charge in [-0.2, -0.15) is 0 Å². The van der Waals surface area contributed by atoms with E-state index in [1.54, 1.807) is 12.2 Å². The van der Waals surface area contributed by atoms with E-state index in [1.165, 1.54) is 6.92 Å². The van der Waals surface area contributed by atoms with E-state index in [0.29, 0.717) is 16.9 Å². The first kappa shape index (κ1) is 12.4. The first-order valence-corrected chi connectivity index (χ1v) is 5.64. The zero-order valence-corrected chi connectivity index (χ0v) is 10.4. The van der Waals surface area contributed by atoms with Gasteiger partial charge in [-0.05, 0) is 0 Å². The highest BCUT2D eigenvalue weighted by molar-refractivity contribution is 7.81. The number of nitrogens with one attached hydrogen (secondary N) is 1. The van der Waals surface area contributed by atoms with Gasteiger partial charge in [0.05, 0.1) is 0 Å². The first-order chi connectivity index (χ1) is 8.50. The minimum Gasteiger partial charge on any atom is -0.502 e. The standard InChI is InChI=1S/C12H11NO4S/c1-6(14)13-12-10(16)9(15)11(17-12)7-4-2-3-5-8(7)18/h2-4,15-16H,5H2,1H3,(H,13,14). The lowest BCUT2D eigenvalue weighted by molar-refractivity contribution is -0.114. The van der Waals surface area contributed by atoms with Crippen molar-refractivity contribution in [2.75, 3.05) is 5.32 Å². The van der Waals surface area contributed by atoms with Crippen LogP contribution in [0.1, 0.15) is 19.1 Å². The first-order valence-electron chi connectivity index (χ1n) is 5.23. The maximum absolute atomic E-state index is 10.9. The molecule has 2 rings (SSSR count). The van der Waals surface area contributed by atoms with E-state index in [4.69, 9.17) is 16.6 Å². The van der Waals surface area contributed by atoms with Gasteiger partial charge in [-0.1, -0.05) is 30.4 Å². The molecule has 18 heavy (non-hydrogen) atoms. The molecule has 1 aromatic heterocycles. The average molecular weight is 265 g/mol. The number of aromatic hydroxyl groups is 2. The molecule has 3 N–H and O–H groups in total. The molecule has 1 aliphatic rings. The van der Waals surface area contributed by atoms with Gasteiger partial charge >= 0.3 is 0 Å². The van der Waals surface area contributed by atoms with E-state index in [9.17, 15) is 15.0 Å². The van der Waals surface area contributed by atoms with E-state index in [2.05, 4.69) is 5.32 Å². The molecule has 0 unspecified atom stereocenters. The summed E-state index contributed by atoms with van der Waals surface area (Å²) in [4.78, 5) is 11.5. The summed E-state index contributed by atoms with van der Waals surface area (Å²) in [6, 6.07) is 0. The Balaban J connectivity index is 2.46. The smallest absolute Gasteiger partial charge is 0.246 e. The number of amides is 1. The number of hydrogen-bond donors (Lipinski definition) is 3. The van der Waals surface area contributed by atoms with Crippen molar-refractivity contribution in [1.29, 1.82) is 0 Å². The van der Waals surface area contributed by atoms with Crippen LogP contribution in [0.2, 0.25) is 0 Å². The molecule has 0 spiro atoms. The molecule has 0 fully saturated rings. The lowest BCUT2D eigenvalue weighted by Gasteiger charge is -2.07. The summed E-state index contributed by atoms with van der Waals surface area (Å²) in [6.07, 6.45) is 5.90. The molecule has 0 atom stereocenters. The van der Waals surface area contributed by atoms with Gasteiger partial charge in [0, 0.05) is 23.8 Å². The van der Waals surface area contributed by atoms with Gasteiger partial charge in [0.25, 0.3) is 0 Å². The van der Waals surface area contributed by atoms with Crippen LogP contribution in [0.15, 0.2) is 22.6 Å². The van der Waals surface area contributed by atoms with Crippen LogP contribution in [0.25, 0.3) is 5.57 Å². The molecule has 1 aliphatic carbocycles. The van der Waals surface area contributed by atoms with E-state index < -0.39 is 17.4 Å². The molecule has 0 saturated carbocycles. The summed E-state index contributed by atoms with van der Waals surface area (Å²) in [7, 11) is 0. The normalized spacial score (nSPS) is 14.5. The molecule has 1 heterocycles. The molecule has 0 radical (unpaired) electrons. The van der Waals surface area contributed by atoms with Gasteiger partial charge in [0.2, 0.25) is 23.3 Å². The SMILES string of the molecule is CC(=O)Nc1oc(C2=CC=CCC2=S)c(O)c1O. The number of rotatable bonds is 2. The third-order valence-corrected chi connectivity index (χ3v) is 2.78. The van der Waals surface area contributed by atoms with Crippen LogP contribution in [0.3, 0.4) is 0 Å². The monoisotopic (exact) mass is 265 g/mol. The number of anilines is 1. The van der Waals surface area contributed by atoms with Crippen LogP contribution in [-0.4, -0.2) is 21.0 Å². The number of thiocarbonyl (C=S) groups is 1. The largest absolute Gasteiger partial charge is 0.502 e. The topological polar surface area (TPSA) is 82.7 Å². The van der Waals surface area contributed by atoms with Gasteiger partial charge in [0.15, 0.2) is 5.76 Å². The highest BCUT2D eigenvalue weighted by atomic mass is 32.1. The third-order valence-electron chi connectivity index (χ3n) is 2.40. The van der Waals surface area contributed by atoms with E-state index in [1.807, 2.05) is 6.08 Å². The number of carbonyl (C=O) groups excluding carboxylic acids is 1. The minimum absolute atomic E-state index is 0.0607. The average Bonchev–Trinajstić information content (AvgIpc) is 2.58. The van der Waals surface area contributed by atoms with Crippen LogP contribution in [0.5, 0.6) is 11.5 Å². The van der Waals surface area contributed by atoms with Crippen molar-refractivity contribution in [3.8, 4) is 11.5 Å². The lowest BCUT2D eigenvalue weighted by atomic mass is 10.0. The second-order valence-electron chi connectivity index (χ2n) is 3.77. The maximum Gasteiger partial charge on any atom is 0.246 e. The number of allylic oxidation sites excluding steroid dienone is 4. The third kappa shape index (κ3) is 2.14. The molecule has 6 heteroatoms. The lowest BCUT2D eigenvalue weighted by Crippen LogP contribution is -2.04. The fourth-order valence-electron chi connectivity index (χ4n) is 1.59. The molecular weight excluding hydrogens is 254 g/mol. The molecule has 94 valence electrons. The molecule has 0 aliphatic heterocycles. The van der Waals surface area contributed by atoms with Crippen molar-refractivity contribution < 1.29 is 19.4 Å². The Labute approximate surface area is 108 Å². The predicted molar refractivity (Wildman–Crippen MR) is 70.7 cm³/mol. The zero-order valence-electron chi connectivity index (χ0n) is 9.56. The number of furan rings is 1. The Morgan fingerprint density at radius 1 is 1.44 bits per heavy atom. The summed E-state index contributed by atoms with van der Waals surface area (Å²) in [5.41, 5.74) is 0.525. The molecule has 5 nitrogen and oxygen atoms in total. The Bertz CT molecular complexity index is 583. The summed E-state index contributed by atoms with van der Waals surface area (Å²) < 4.78 is 5.24. The molecular formula is C12H11NO4S. The molecule has 0 saturated heterocycles. The number of hydrogen-bond acceptors (Lipinski definition) is 5. The Kier molecular flexibility index (Phi) is 3.20. The Morgan fingerprint density at radius 3 is 2.78 bits per heavy atom. The van der Waals surface area contributed by atoms with Crippen molar-refractivity contribution in [2.45, 2.75) is 13.3 Å². The van der Waals surface area contributed by atoms with Gasteiger partial charge in [0.1, 0.15) is 0 Å². The van der Waals surface area contributed by atoms with Gasteiger partial charge < -0.3 is 14.6 Å². The predicted octanol–water partition coefficient (Wildman–Crippen LogP) is 2.36. The summed E-state index contributed by atoms with van der Waals surface area (Å²) in [6.45, 7) is 1.27. The van der Waals surface area contributed by atoms with Gasteiger partial charge in [-0.25, -0.2) is 0 Å². The summed E-state index contributed by atoms with van der Waals surface area (Å²) >= 11 is 5.15. The quantitative estimate of drug-likeness (QED) is 0.715. The van der Waals surface area contributed by atoms with Crippen LogP contribution < -0.4 is 5.32 Å². The van der Waals surface area contributed by atoms with Crippen molar-refractivity contribution >= 4 is 34.4 Å². The zero-order chi connectivity index (χ0) is 13.3. The second-order valence-corrected chi connectivity index (χ2v) is 4.27. The highest BCUT2D eigenvalue weighted by Crippen LogP contribution is 2.44. The van der Waals surface area contributed by atoms with Crippen LogP contribution in [-0.2, 0) is 4.79 Å². The molecule has 1 aromatic rings. The second kappa shape index (κ2) is 4.66. The summed E-state index contributed by atoms with van der Waals surface area (Å²) in [5, 5.41) is 21.7. The van der Waals surface area contributed by atoms with Gasteiger partial charge in [-0.3, -0.25) is 10.1 Å². The molecule has 0 aromatic carbocycles. The van der Waals surface area contributed by atoms with E-state index in [0.717, 1.165) is 0 Å². The van der Waals surface area contributed by atoms with Crippen LogP contribution >= 0.6 is 12.2 Å². The number of carbonyl (C=O) groups is 1. The summed E-state index contributed by atoms with van der Waals surface area (Å²) in [5.74, 6) is -1.47. The Morgan fingerprint density at radius 2 is 2.17 bits per heavy atom. The molecule has 0 bridgehead atoms. The van der Waals surface area contributed by atoms with Crippen LogP contribution in [0, 0.1) is 0 Å². The minimum atomic E-state index is -0.501. The van der Waals surface area contributed by atoms with E-state index >= 15 is 0 Å². The van der Waals surface area contributed by atoms with Crippen molar-refractivity contribution in [3.63, 3.8) is 0 Å². The molecule has 1 amide bonds. The highest BCUT2D eigenvalue weighted by Gasteiger charge is 2.24. The van der Waals surface area contributed by atoms with Crippen molar-refractivity contribution in [2.24, 2.45) is 0 Å². The van der Waals surface area contributed by atoms with Crippen molar-refractivity contribution in [1.82, 2.24) is 0 Å². The van der Waals surface area contributed by atoms with Crippen LogP contribution in [0.4, 0.5) is 5.88 Å². The maximum atomic E-state index is 10.9. The van der Waals surface area contributed by atoms with E-state index in [-0.39, 0.29) is 11.6 Å².